The van der Waals surface area contributed by atoms with Crippen molar-refractivity contribution in [3.8, 4) is 11.8 Å². The second-order valence-electron chi connectivity index (χ2n) is 6.70. The number of amides is 1. The zero-order chi connectivity index (χ0) is 18.1. The van der Waals surface area contributed by atoms with Crippen LogP contribution in [0.25, 0.3) is 0 Å². The maximum Gasteiger partial charge on any atom is 0.273 e. The number of aryl methyl sites for hydroxylation is 1. The van der Waals surface area contributed by atoms with Crippen molar-refractivity contribution in [2.24, 2.45) is 11.8 Å². The van der Waals surface area contributed by atoms with Crippen LogP contribution in [0.4, 0.5) is 0 Å². The Bertz CT molecular complexity index is 842. The summed E-state index contributed by atoms with van der Waals surface area (Å²) in [6, 6.07) is 9.20. The third-order valence-electron chi connectivity index (χ3n) is 5.01. The number of aromatic nitrogens is 1. The average Bonchev–Trinajstić information content (AvgIpc) is 3.36. The summed E-state index contributed by atoms with van der Waals surface area (Å²) >= 11 is 1.49. The highest BCUT2D eigenvalue weighted by molar-refractivity contribution is 7.09. The minimum Gasteiger partial charge on any atom is -0.493 e. The minimum atomic E-state index is -0.0147. The van der Waals surface area contributed by atoms with Crippen LogP contribution in [0.15, 0.2) is 29.6 Å². The van der Waals surface area contributed by atoms with E-state index in [1.165, 1.54) is 11.3 Å². The van der Waals surface area contributed by atoms with Gasteiger partial charge in [0.05, 0.1) is 36.0 Å². The van der Waals surface area contributed by atoms with Crippen LogP contribution in [-0.4, -0.2) is 48.2 Å². The summed E-state index contributed by atoms with van der Waals surface area (Å²) in [7, 11) is 0. The van der Waals surface area contributed by atoms with E-state index in [1.54, 1.807) is 24.3 Å². The van der Waals surface area contributed by atoms with Crippen LogP contribution in [0.1, 0.15) is 21.1 Å². The van der Waals surface area contributed by atoms with Crippen molar-refractivity contribution in [1.29, 1.82) is 5.26 Å². The molecule has 2 fully saturated rings. The SMILES string of the molecule is Cc1nc(C(=O)N2C[C@@H]3[C@H](COc4ccc(C#N)cc4)CO[C@@H]3C2)cs1. The largest absolute Gasteiger partial charge is 0.493 e. The van der Waals surface area contributed by atoms with Crippen LogP contribution in [0, 0.1) is 30.1 Å². The van der Waals surface area contributed by atoms with Gasteiger partial charge in [-0.25, -0.2) is 4.98 Å². The number of carbonyl (C=O) groups excluding carboxylic acids is 1. The fourth-order valence-electron chi connectivity index (χ4n) is 3.59. The molecule has 1 aromatic carbocycles. The quantitative estimate of drug-likeness (QED) is 0.828. The molecular weight excluding hydrogens is 350 g/mol. The van der Waals surface area contributed by atoms with E-state index in [-0.39, 0.29) is 23.8 Å². The van der Waals surface area contributed by atoms with Gasteiger partial charge in [0.15, 0.2) is 0 Å². The van der Waals surface area contributed by atoms with Crippen molar-refractivity contribution in [2.45, 2.75) is 13.0 Å². The fraction of sp³-hybridized carbons (Fsp3) is 0.421. The van der Waals surface area contributed by atoms with Crippen LogP contribution in [0.3, 0.4) is 0 Å². The summed E-state index contributed by atoms with van der Waals surface area (Å²) in [5, 5.41) is 11.6. The number of carbonyl (C=O) groups is 1. The summed E-state index contributed by atoms with van der Waals surface area (Å²) in [5.41, 5.74) is 1.14. The van der Waals surface area contributed by atoms with Gasteiger partial charge in [0.2, 0.25) is 0 Å². The third kappa shape index (κ3) is 3.30. The highest BCUT2D eigenvalue weighted by Crippen LogP contribution is 2.34. The monoisotopic (exact) mass is 369 g/mol. The molecule has 3 atom stereocenters. The number of rotatable bonds is 4. The lowest BCUT2D eigenvalue weighted by atomic mass is 9.94. The Balaban J connectivity index is 1.35. The number of ether oxygens (including phenoxy) is 2. The van der Waals surface area contributed by atoms with Crippen molar-refractivity contribution in [3.63, 3.8) is 0 Å². The number of nitrogens with zero attached hydrogens (tertiary/aromatic N) is 3. The predicted octanol–water partition coefficient (Wildman–Crippen LogP) is 2.49. The molecule has 1 amide bonds. The summed E-state index contributed by atoms with van der Waals surface area (Å²) < 4.78 is 11.8. The van der Waals surface area contributed by atoms with E-state index in [0.717, 1.165) is 10.8 Å². The van der Waals surface area contributed by atoms with E-state index in [4.69, 9.17) is 14.7 Å². The summed E-state index contributed by atoms with van der Waals surface area (Å²) in [5.74, 6) is 1.28. The number of hydrogen-bond acceptors (Lipinski definition) is 6. The first kappa shape index (κ1) is 17.0. The maximum absolute atomic E-state index is 12.6. The molecule has 4 rings (SSSR count). The standard InChI is InChI=1S/C19H19N3O3S/c1-12-21-17(11-26-12)19(23)22-7-16-14(10-25-18(16)8-22)9-24-15-4-2-13(6-20)3-5-15/h2-5,11,14,16,18H,7-10H2,1H3/t14-,16-,18-/m1/s1. The van der Waals surface area contributed by atoms with Crippen molar-refractivity contribution in [1.82, 2.24) is 9.88 Å². The minimum absolute atomic E-state index is 0.0147. The summed E-state index contributed by atoms with van der Waals surface area (Å²) in [4.78, 5) is 18.7. The van der Waals surface area contributed by atoms with Gasteiger partial charge in [-0.1, -0.05) is 0 Å². The van der Waals surface area contributed by atoms with Gasteiger partial charge in [0, 0.05) is 30.3 Å². The average molecular weight is 369 g/mol. The molecule has 0 unspecified atom stereocenters. The molecule has 3 heterocycles. The molecule has 0 radical (unpaired) electrons. The highest BCUT2D eigenvalue weighted by Gasteiger charge is 2.45. The normalized spacial score (nSPS) is 24.3. The van der Waals surface area contributed by atoms with Gasteiger partial charge < -0.3 is 14.4 Å². The van der Waals surface area contributed by atoms with Crippen molar-refractivity contribution in [3.05, 3.63) is 45.9 Å². The zero-order valence-electron chi connectivity index (χ0n) is 14.4. The van der Waals surface area contributed by atoms with E-state index in [1.807, 2.05) is 17.2 Å². The molecule has 2 aliphatic rings. The van der Waals surface area contributed by atoms with Gasteiger partial charge in [-0.3, -0.25) is 4.79 Å². The Labute approximate surface area is 156 Å². The summed E-state index contributed by atoms with van der Waals surface area (Å²) in [6.45, 7) is 4.41. The summed E-state index contributed by atoms with van der Waals surface area (Å²) in [6.07, 6.45) is 0.0771. The van der Waals surface area contributed by atoms with E-state index in [2.05, 4.69) is 11.1 Å². The topological polar surface area (TPSA) is 75.5 Å². The van der Waals surface area contributed by atoms with Crippen LogP contribution in [-0.2, 0) is 4.74 Å². The molecule has 0 N–H and O–H groups in total. The number of nitriles is 1. The number of likely N-dealkylation sites (tertiary alicyclic amines) is 1. The van der Waals surface area contributed by atoms with Crippen LogP contribution < -0.4 is 4.74 Å². The van der Waals surface area contributed by atoms with Crippen LogP contribution >= 0.6 is 11.3 Å². The van der Waals surface area contributed by atoms with Gasteiger partial charge in [-0.2, -0.15) is 5.26 Å². The van der Waals surface area contributed by atoms with E-state index in [9.17, 15) is 4.79 Å². The fourth-order valence-corrected chi connectivity index (χ4v) is 4.18. The van der Waals surface area contributed by atoms with Gasteiger partial charge in [0.25, 0.3) is 5.91 Å². The second kappa shape index (κ2) is 7.06. The first-order valence-corrected chi connectivity index (χ1v) is 9.48. The van der Waals surface area contributed by atoms with Gasteiger partial charge in [0.1, 0.15) is 11.4 Å². The molecule has 2 saturated heterocycles. The van der Waals surface area contributed by atoms with Crippen molar-refractivity contribution in [2.75, 3.05) is 26.3 Å². The number of hydrogen-bond donors (Lipinski definition) is 0. The van der Waals surface area contributed by atoms with Crippen LogP contribution in [0.5, 0.6) is 5.75 Å². The van der Waals surface area contributed by atoms with E-state index >= 15 is 0 Å². The molecule has 26 heavy (non-hydrogen) atoms. The zero-order valence-corrected chi connectivity index (χ0v) is 15.2. The maximum atomic E-state index is 12.6. The Morgan fingerprint density at radius 2 is 2.23 bits per heavy atom. The molecule has 1 aromatic heterocycles. The molecule has 7 heteroatoms. The van der Waals surface area contributed by atoms with Crippen LogP contribution in [0.2, 0.25) is 0 Å². The lowest BCUT2D eigenvalue weighted by Crippen LogP contribution is -2.32. The van der Waals surface area contributed by atoms with Crippen molar-refractivity contribution < 1.29 is 14.3 Å². The number of fused-ring (bicyclic) bond motifs is 1. The lowest BCUT2D eigenvalue weighted by Gasteiger charge is -2.19. The second-order valence-corrected chi connectivity index (χ2v) is 7.77. The molecule has 0 aliphatic carbocycles. The number of benzene rings is 1. The Morgan fingerprint density at radius 3 is 2.92 bits per heavy atom. The van der Waals surface area contributed by atoms with E-state index in [0.29, 0.717) is 37.6 Å². The molecule has 0 bridgehead atoms. The Hall–Kier alpha value is -2.43. The Morgan fingerprint density at radius 1 is 1.42 bits per heavy atom. The lowest BCUT2D eigenvalue weighted by molar-refractivity contribution is 0.0657. The third-order valence-corrected chi connectivity index (χ3v) is 5.79. The van der Waals surface area contributed by atoms with Gasteiger partial charge in [-0.15, -0.1) is 11.3 Å². The molecule has 0 spiro atoms. The highest BCUT2D eigenvalue weighted by atomic mass is 32.1. The van der Waals surface area contributed by atoms with Gasteiger partial charge in [-0.05, 0) is 31.2 Å². The molecule has 2 aliphatic heterocycles. The first-order valence-electron chi connectivity index (χ1n) is 8.60. The molecule has 2 aromatic rings. The molecule has 0 saturated carbocycles. The molecule has 134 valence electrons. The van der Waals surface area contributed by atoms with Gasteiger partial charge >= 0.3 is 0 Å². The molecule has 6 nitrogen and oxygen atoms in total. The predicted molar refractivity (Wildman–Crippen MR) is 96.1 cm³/mol. The smallest absolute Gasteiger partial charge is 0.273 e. The first-order chi connectivity index (χ1) is 12.6. The number of thiazole rings is 1. The molecular formula is C19H19N3O3S. The van der Waals surface area contributed by atoms with E-state index < -0.39 is 0 Å². The Kier molecular flexibility index (Phi) is 4.62. The van der Waals surface area contributed by atoms with Crippen molar-refractivity contribution >= 4 is 17.2 Å².